The molecule has 2 amide bonds. The summed E-state index contributed by atoms with van der Waals surface area (Å²) in [6.45, 7) is 4.47. The number of rotatable bonds is 12. The topological polar surface area (TPSA) is 105 Å². The van der Waals surface area contributed by atoms with E-state index in [4.69, 9.17) is 9.47 Å². The first-order valence-electron chi connectivity index (χ1n) is 12.6. The normalized spacial score (nSPS) is 12.0. The Balaban J connectivity index is 2.06. The number of amides is 2. The molecule has 40 heavy (non-hydrogen) atoms. The van der Waals surface area contributed by atoms with Crippen LogP contribution in [0.15, 0.2) is 77.7 Å². The number of benzene rings is 3. The highest BCUT2D eigenvalue weighted by Crippen LogP contribution is 2.33. The predicted molar refractivity (Wildman–Crippen MR) is 150 cm³/mol. The number of anilines is 1. The molecule has 0 aliphatic carbocycles. The molecule has 0 aliphatic heterocycles. The molecule has 1 unspecified atom stereocenters. The van der Waals surface area contributed by atoms with Crippen molar-refractivity contribution in [1.29, 1.82) is 0 Å². The third-order valence-corrected chi connectivity index (χ3v) is 7.92. The average molecular weight is 572 g/mol. The Morgan fingerprint density at radius 2 is 1.52 bits per heavy atom. The molecule has 3 aromatic carbocycles. The van der Waals surface area contributed by atoms with Crippen molar-refractivity contribution >= 4 is 27.5 Å². The van der Waals surface area contributed by atoms with Gasteiger partial charge in [-0.1, -0.05) is 24.3 Å². The van der Waals surface area contributed by atoms with E-state index in [1.54, 1.807) is 39.0 Å². The Morgan fingerprint density at radius 3 is 2.10 bits per heavy atom. The number of nitrogens with one attached hydrogen (secondary N) is 1. The van der Waals surface area contributed by atoms with Gasteiger partial charge in [0, 0.05) is 12.6 Å². The van der Waals surface area contributed by atoms with Crippen molar-refractivity contribution in [2.45, 2.75) is 44.3 Å². The minimum absolute atomic E-state index is 0.0475. The van der Waals surface area contributed by atoms with Crippen molar-refractivity contribution in [3.05, 3.63) is 84.2 Å². The highest BCUT2D eigenvalue weighted by molar-refractivity contribution is 7.92. The Morgan fingerprint density at radius 1 is 0.900 bits per heavy atom. The van der Waals surface area contributed by atoms with Crippen molar-refractivity contribution in [2.24, 2.45) is 0 Å². The molecule has 0 spiro atoms. The molecule has 0 aliphatic rings. The molecule has 0 saturated heterocycles. The van der Waals surface area contributed by atoms with Crippen molar-refractivity contribution in [3.8, 4) is 11.5 Å². The molecule has 1 N–H and O–H groups in total. The van der Waals surface area contributed by atoms with E-state index in [2.05, 4.69) is 5.32 Å². The maximum atomic E-state index is 13.9. The van der Waals surface area contributed by atoms with E-state index >= 15 is 0 Å². The van der Waals surface area contributed by atoms with Crippen molar-refractivity contribution in [2.75, 3.05) is 25.1 Å². The van der Waals surface area contributed by atoms with Crippen molar-refractivity contribution in [3.63, 3.8) is 0 Å². The van der Waals surface area contributed by atoms with Crippen LogP contribution in [0.3, 0.4) is 0 Å². The minimum atomic E-state index is -4.28. The zero-order valence-corrected chi connectivity index (χ0v) is 23.9. The van der Waals surface area contributed by atoms with Crippen LogP contribution in [0.5, 0.6) is 11.5 Å². The molecule has 214 valence electrons. The third-order valence-electron chi connectivity index (χ3n) is 6.14. The van der Waals surface area contributed by atoms with Gasteiger partial charge in [0.15, 0.2) is 0 Å². The molecule has 1 atom stereocenters. The van der Waals surface area contributed by atoms with Gasteiger partial charge < -0.3 is 19.7 Å². The fourth-order valence-electron chi connectivity index (χ4n) is 4.00. The van der Waals surface area contributed by atoms with Crippen LogP contribution >= 0.6 is 0 Å². The zero-order valence-electron chi connectivity index (χ0n) is 23.1. The number of hydrogen-bond acceptors (Lipinski definition) is 6. The summed E-state index contributed by atoms with van der Waals surface area (Å²) in [5.41, 5.74) is 0.719. The second-order valence-corrected chi connectivity index (χ2v) is 11.2. The number of para-hydroxylation sites is 2. The van der Waals surface area contributed by atoms with Crippen LogP contribution in [-0.2, 0) is 26.2 Å². The number of sulfonamides is 1. The standard InChI is InChI=1S/C29H34FN3O6S/c1-20(2)31-29(35)21(3)32(18-22-10-12-23(30)13-11-22)28(34)19-33(26-8-6-7-9-27(26)39-5)40(36,37)25-16-14-24(38-4)15-17-25/h6-17,20-21H,18-19H2,1-5H3,(H,31,35). The number of carbonyl (C=O) groups is 2. The summed E-state index contributed by atoms with van der Waals surface area (Å²) in [6, 6.07) is 16.6. The first kappa shape index (κ1) is 30.4. The maximum absolute atomic E-state index is 13.9. The van der Waals surface area contributed by atoms with Crippen LogP contribution in [0.2, 0.25) is 0 Å². The molecule has 0 aromatic heterocycles. The van der Waals surface area contributed by atoms with E-state index in [-0.39, 0.29) is 28.9 Å². The number of ether oxygens (including phenoxy) is 2. The summed E-state index contributed by atoms with van der Waals surface area (Å²) in [5.74, 6) is -0.788. The van der Waals surface area contributed by atoms with Gasteiger partial charge in [0.1, 0.15) is 29.9 Å². The van der Waals surface area contributed by atoms with Crippen LogP contribution < -0.4 is 19.1 Å². The van der Waals surface area contributed by atoms with Gasteiger partial charge in [0.05, 0.1) is 24.8 Å². The molecule has 9 nitrogen and oxygen atoms in total. The molecule has 3 aromatic rings. The number of halogens is 1. The lowest BCUT2D eigenvalue weighted by molar-refractivity contribution is -0.139. The van der Waals surface area contributed by atoms with Crippen molar-refractivity contribution in [1.82, 2.24) is 10.2 Å². The Bertz CT molecular complexity index is 1410. The smallest absolute Gasteiger partial charge is 0.264 e. The van der Waals surface area contributed by atoms with E-state index in [1.165, 1.54) is 73.7 Å². The highest BCUT2D eigenvalue weighted by atomic mass is 32.2. The number of methoxy groups -OCH3 is 2. The molecule has 0 fully saturated rings. The second-order valence-electron chi connectivity index (χ2n) is 9.35. The number of nitrogens with zero attached hydrogens (tertiary/aromatic N) is 2. The fourth-order valence-corrected chi connectivity index (χ4v) is 5.42. The Labute approximate surface area is 234 Å². The van der Waals surface area contributed by atoms with Gasteiger partial charge in [-0.2, -0.15) is 0 Å². The van der Waals surface area contributed by atoms with E-state index in [9.17, 15) is 22.4 Å². The van der Waals surface area contributed by atoms with E-state index in [1.807, 2.05) is 0 Å². The Kier molecular flexibility index (Phi) is 10.1. The second kappa shape index (κ2) is 13.3. The minimum Gasteiger partial charge on any atom is -0.497 e. The monoisotopic (exact) mass is 571 g/mol. The quantitative estimate of drug-likeness (QED) is 0.353. The zero-order chi connectivity index (χ0) is 29.4. The first-order chi connectivity index (χ1) is 19.0. The van der Waals surface area contributed by atoms with E-state index < -0.39 is 40.2 Å². The third kappa shape index (κ3) is 7.29. The van der Waals surface area contributed by atoms with Gasteiger partial charge in [-0.25, -0.2) is 12.8 Å². The summed E-state index contributed by atoms with van der Waals surface area (Å²) in [7, 11) is -1.41. The summed E-state index contributed by atoms with van der Waals surface area (Å²) in [4.78, 5) is 28.1. The molecule has 0 heterocycles. The number of carbonyl (C=O) groups excluding carboxylic acids is 2. The summed E-state index contributed by atoms with van der Waals surface area (Å²) >= 11 is 0. The summed E-state index contributed by atoms with van der Waals surface area (Å²) < 4.78 is 53.0. The molecular weight excluding hydrogens is 537 g/mol. The largest absolute Gasteiger partial charge is 0.497 e. The van der Waals surface area contributed by atoms with Crippen LogP contribution in [0, 0.1) is 5.82 Å². The first-order valence-corrected chi connectivity index (χ1v) is 14.1. The van der Waals surface area contributed by atoms with Gasteiger partial charge in [-0.3, -0.25) is 13.9 Å². The molecular formula is C29H34FN3O6S. The van der Waals surface area contributed by atoms with Crippen LogP contribution in [-0.4, -0.2) is 58.0 Å². The van der Waals surface area contributed by atoms with Crippen molar-refractivity contribution < 1.29 is 31.9 Å². The van der Waals surface area contributed by atoms with Gasteiger partial charge in [-0.15, -0.1) is 0 Å². The Hall–Kier alpha value is -4.12. The lowest BCUT2D eigenvalue weighted by Gasteiger charge is -2.32. The highest BCUT2D eigenvalue weighted by Gasteiger charge is 2.34. The molecule has 3 rings (SSSR count). The SMILES string of the molecule is COc1ccc(S(=O)(=O)N(CC(=O)N(Cc2ccc(F)cc2)C(C)C(=O)NC(C)C)c2ccccc2OC)cc1. The van der Waals surface area contributed by atoms with E-state index in [0.29, 0.717) is 11.3 Å². The van der Waals surface area contributed by atoms with Crippen LogP contribution in [0.4, 0.5) is 10.1 Å². The van der Waals surface area contributed by atoms with Gasteiger partial charge in [0.25, 0.3) is 10.0 Å². The lowest BCUT2D eigenvalue weighted by atomic mass is 10.1. The molecule has 0 radical (unpaired) electrons. The lowest BCUT2D eigenvalue weighted by Crippen LogP contribution is -2.52. The van der Waals surface area contributed by atoms with E-state index in [0.717, 1.165) is 4.31 Å². The maximum Gasteiger partial charge on any atom is 0.264 e. The predicted octanol–water partition coefficient (Wildman–Crippen LogP) is 3.98. The molecule has 0 saturated carbocycles. The van der Waals surface area contributed by atoms with Gasteiger partial charge in [-0.05, 0) is 74.9 Å². The summed E-state index contributed by atoms with van der Waals surface area (Å²) in [5, 5.41) is 2.79. The average Bonchev–Trinajstić information content (AvgIpc) is 2.94. The summed E-state index contributed by atoms with van der Waals surface area (Å²) in [6.07, 6.45) is 0. The number of hydrogen-bond donors (Lipinski definition) is 1. The molecule has 11 heteroatoms. The van der Waals surface area contributed by atoms with Crippen LogP contribution in [0.1, 0.15) is 26.3 Å². The van der Waals surface area contributed by atoms with Gasteiger partial charge in [0.2, 0.25) is 11.8 Å². The molecule has 0 bridgehead atoms. The fraction of sp³-hybridized carbons (Fsp3) is 0.310. The van der Waals surface area contributed by atoms with Gasteiger partial charge >= 0.3 is 0 Å². The van der Waals surface area contributed by atoms with Crippen LogP contribution in [0.25, 0.3) is 0 Å².